The lowest BCUT2D eigenvalue weighted by molar-refractivity contribution is 0.198. The van der Waals surface area contributed by atoms with E-state index in [0.717, 1.165) is 19.0 Å². The third kappa shape index (κ3) is 4.43. The molecule has 0 aromatic rings. The van der Waals surface area contributed by atoms with E-state index >= 15 is 0 Å². The first kappa shape index (κ1) is 12.0. The van der Waals surface area contributed by atoms with Crippen LogP contribution in [0.25, 0.3) is 0 Å². The molecule has 0 atom stereocenters. The van der Waals surface area contributed by atoms with E-state index < -0.39 is 0 Å². The second kappa shape index (κ2) is 5.13. The molecule has 84 valence electrons. The van der Waals surface area contributed by atoms with Gasteiger partial charge in [0.2, 0.25) is 0 Å². The molecular formula is C12H26N2. The molecule has 2 nitrogen and oxygen atoms in total. The van der Waals surface area contributed by atoms with Gasteiger partial charge in [0, 0.05) is 26.2 Å². The van der Waals surface area contributed by atoms with Crippen molar-refractivity contribution in [2.45, 2.75) is 34.1 Å². The number of hydrogen-bond donors (Lipinski definition) is 1. The second-order valence-electron chi connectivity index (χ2n) is 5.80. The summed E-state index contributed by atoms with van der Waals surface area (Å²) in [5.41, 5.74) is 0.438. The van der Waals surface area contributed by atoms with Crippen molar-refractivity contribution >= 4 is 0 Å². The molecule has 0 radical (unpaired) electrons. The van der Waals surface area contributed by atoms with Crippen molar-refractivity contribution in [3.8, 4) is 0 Å². The smallest absolute Gasteiger partial charge is 0.0107 e. The molecule has 0 aromatic carbocycles. The van der Waals surface area contributed by atoms with Crippen LogP contribution in [0.2, 0.25) is 0 Å². The predicted molar refractivity (Wildman–Crippen MR) is 62.5 cm³/mol. The minimum absolute atomic E-state index is 0.438. The molecule has 2 heteroatoms. The highest BCUT2D eigenvalue weighted by Crippen LogP contribution is 2.18. The first-order chi connectivity index (χ1) is 6.49. The maximum absolute atomic E-state index is 3.51. The standard InChI is InChI=1S/C12H26N2/c1-11(2)5-7-14-8-6-13-9-12(3,4)10-14/h11,13H,5-10H2,1-4H3. The Hall–Kier alpha value is -0.0800. The normalized spacial score (nSPS) is 23.8. The average Bonchev–Trinajstić information content (AvgIpc) is 2.22. The lowest BCUT2D eigenvalue weighted by atomic mass is 9.93. The fourth-order valence-electron chi connectivity index (χ4n) is 2.04. The Balaban J connectivity index is 2.36. The summed E-state index contributed by atoms with van der Waals surface area (Å²) >= 11 is 0. The largest absolute Gasteiger partial charge is 0.315 e. The number of nitrogens with one attached hydrogen (secondary N) is 1. The van der Waals surface area contributed by atoms with Crippen LogP contribution >= 0.6 is 0 Å². The topological polar surface area (TPSA) is 15.3 Å². The van der Waals surface area contributed by atoms with Crippen LogP contribution in [0.4, 0.5) is 0 Å². The van der Waals surface area contributed by atoms with Crippen LogP contribution in [-0.4, -0.2) is 37.6 Å². The van der Waals surface area contributed by atoms with Gasteiger partial charge in [0.1, 0.15) is 0 Å². The van der Waals surface area contributed by atoms with E-state index in [4.69, 9.17) is 0 Å². The van der Waals surface area contributed by atoms with E-state index in [1.807, 2.05) is 0 Å². The van der Waals surface area contributed by atoms with Gasteiger partial charge in [0.25, 0.3) is 0 Å². The zero-order valence-corrected chi connectivity index (χ0v) is 10.3. The third-order valence-corrected chi connectivity index (χ3v) is 2.88. The van der Waals surface area contributed by atoms with Gasteiger partial charge in [-0.25, -0.2) is 0 Å². The van der Waals surface area contributed by atoms with E-state index in [2.05, 4.69) is 37.9 Å². The molecule has 14 heavy (non-hydrogen) atoms. The summed E-state index contributed by atoms with van der Waals surface area (Å²) in [6.45, 7) is 15.4. The molecule has 0 aromatic heterocycles. The molecule has 1 aliphatic rings. The Labute approximate surface area is 89.1 Å². The van der Waals surface area contributed by atoms with E-state index in [0.29, 0.717) is 5.41 Å². The molecule has 0 bridgehead atoms. The lowest BCUT2D eigenvalue weighted by Gasteiger charge is -2.29. The number of nitrogens with zero attached hydrogens (tertiary/aromatic N) is 1. The van der Waals surface area contributed by atoms with Crippen LogP contribution in [0.3, 0.4) is 0 Å². The Morgan fingerprint density at radius 1 is 1.36 bits per heavy atom. The van der Waals surface area contributed by atoms with E-state index in [1.54, 1.807) is 0 Å². The summed E-state index contributed by atoms with van der Waals surface area (Å²) in [6, 6.07) is 0. The first-order valence-corrected chi connectivity index (χ1v) is 5.93. The summed E-state index contributed by atoms with van der Waals surface area (Å²) in [5, 5.41) is 3.51. The van der Waals surface area contributed by atoms with Gasteiger partial charge in [0.15, 0.2) is 0 Å². The van der Waals surface area contributed by atoms with Crippen molar-refractivity contribution < 1.29 is 0 Å². The Kier molecular flexibility index (Phi) is 4.39. The molecular weight excluding hydrogens is 172 g/mol. The molecule has 0 aliphatic carbocycles. The van der Waals surface area contributed by atoms with Gasteiger partial charge in [-0.2, -0.15) is 0 Å². The van der Waals surface area contributed by atoms with Crippen molar-refractivity contribution in [2.24, 2.45) is 11.3 Å². The summed E-state index contributed by atoms with van der Waals surface area (Å²) < 4.78 is 0. The highest BCUT2D eigenvalue weighted by molar-refractivity contribution is 4.80. The van der Waals surface area contributed by atoms with Gasteiger partial charge in [-0.1, -0.05) is 27.7 Å². The van der Waals surface area contributed by atoms with Crippen LogP contribution in [-0.2, 0) is 0 Å². The summed E-state index contributed by atoms with van der Waals surface area (Å²) in [6.07, 6.45) is 1.33. The fourth-order valence-corrected chi connectivity index (χ4v) is 2.04. The lowest BCUT2D eigenvalue weighted by Crippen LogP contribution is -2.36. The number of rotatable bonds is 3. The minimum atomic E-state index is 0.438. The quantitative estimate of drug-likeness (QED) is 0.746. The van der Waals surface area contributed by atoms with E-state index in [-0.39, 0.29) is 0 Å². The summed E-state index contributed by atoms with van der Waals surface area (Å²) in [4.78, 5) is 2.61. The maximum atomic E-state index is 3.51. The molecule has 0 spiro atoms. The molecule has 1 saturated heterocycles. The van der Waals surface area contributed by atoms with Crippen molar-refractivity contribution in [1.29, 1.82) is 0 Å². The van der Waals surface area contributed by atoms with Crippen LogP contribution < -0.4 is 5.32 Å². The minimum Gasteiger partial charge on any atom is -0.315 e. The van der Waals surface area contributed by atoms with Crippen LogP contribution in [0, 0.1) is 11.3 Å². The zero-order valence-electron chi connectivity index (χ0n) is 10.3. The summed E-state index contributed by atoms with van der Waals surface area (Å²) in [7, 11) is 0. The summed E-state index contributed by atoms with van der Waals surface area (Å²) in [5.74, 6) is 0.828. The molecule has 0 amide bonds. The van der Waals surface area contributed by atoms with Gasteiger partial charge in [-0.15, -0.1) is 0 Å². The highest BCUT2D eigenvalue weighted by atomic mass is 15.2. The molecule has 1 aliphatic heterocycles. The Bertz CT molecular complexity index is 164. The third-order valence-electron chi connectivity index (χ3n) is 2.88. The van der Waals surface area contributed by atoms with Gasteiger partial charge in [-0.05, 0) is 24.3 Å². The fraction of sp³-hybridized carbons (Fsp3) is 1.00. The Morgan fingerprint density at radius 2 is 2.07 bits per heavy atom. The number of hydrogen-bond acceptors (Lipinski definition) is 2. The maximum Gasteiger partial charge on any atom is 0.0107 e. The van der Waals surface area contributed by atoms with E-state index in [1.165, 1.54) is 26.1 Å². The van der Waals surface area contributed by atoms with Gasteiger partial charge in [0.05, 0.1) is 0 Å². The monoisotopic (exact) mass is 198 g/mol. The van der Waals surface area contributed by atoms with Crippen molar-refractivity contribution in [1.82, 2.24) is 10.2 Å². The molecule has 1 fully saturated rings. The van der Waals surface area contributed by atoms with Crippen molar-refractivity contribution in [3.05, 3.63) is 0 Å². The average molecular weight is 198 g/mol. The zero-order chi connectivity index (χ0) is 10.6. The first-order valence-electron chi connectivity index (χ1n) is 5.93. The van der Waals surface area contributed by atoms with Crippen LogP contribution in [0.15, 0.2) is 0 Å². The predicted octanol–water partition coefficient (Wildman–Crippen LogP) is 1.96. The van der Waals surface area contributed by atoms with E-state index in [9.17, 15) is 0 Å². The second-order valence-corrected chi connectivity index (χ2v) is 5.80. The van der Waals surface area contributed by atoms with Crippen LogP contribution in [0.1, 0.15) is 34.1 Å². The molecule has 1 N–H and O–H groups in total. The van der Waals surface area contributed by atoms with Crippen molar-refractivity contribution in [3.63, 3.8) is 0 Å². The van der Waals surface area contributed by atoms with Gasteiger partial charge in [-0.3, -0.25) is 0 Å². The SMILES string of the molecule is CC(C)CCN1CCNCC(C)(C)C1. The molecule has 0 saturated carbocycles. The highest BCUT2D eigenvalue weighted by Gasteiger charge is 2.23. The molecule has 0 unspecified atom stereocenters. The molecule has 1 heterocycles. The Morgan fingerprint density at radius 3 is 2.71 bits per heavy atom. The molecule has 1 rings (SSSR count). The van der Waals surface area contributed by atoms with Gasteiger partial charge >= 0.3 is 0 Å². The van der Waals surface area contributed by atoms with Gasteiger partial charge < -0.3 is 10.2 Å². The van der Waals surface area contributed by atoms with Crippen LogP contribution in [0.5, 0.6) is 0 Å². The van der Waals surface area contributed by atoms with Crippen molar-refractivity contribution in [2.75, 3.05) is 32.7 Å².